The Hall–Kier alpha value is -4.01. The van der Waals surface area contributed by atoms with Gasteiger partial charge in [0.2, 0.25) is 5.91 Å². The molecule has 0 aliphatic carbocycles. The molecular weight excluding hydrogens is 413 g/mol. The van der Waals surface area contributed by atoms with E-state index in [1.165, 1.54) is 27.4 Å². The summed E-state index contributed by atoms with van der Waals surface area (Å²) in [6.07, 6.45) is 0. The molecule has 2 aromatic heterocycles. The molecule has 9 heteroatoms. The molecule has 0 fully saturated rings. The second-order valence-electron chi connectivity index (χ2n) is 7.40. The number of nitrogens with zero attached hydrogens (tertiary/aromatic N) is 4. The van der Waals surface area contributed by atoms with Crippen LogP contribution in [0, 0.1) is 12.7 Å². The zero-order valence-corrected chi connectivity index (χ0v) is 17.7. The van der Waals surface area contributed by atoms with Crippen LogP contribution in [0.3, 0.4) is 0 Å². The van der Waals surface area contributed by atoms with Crippen molar-refractivity contribution in [2.75, 3.05) is 5.32 Å². The molecule has 32 heavy (non-hydrogen) atoms. The minimum absolute atomic E-state index is 0.0634. The van der Waals surface area contributed by atoms with Crippen LogP contribution in [0.15, 0.2) is 64.2 Å². The van der Waals surface area contributed by atoms with Crippen LogP contribution >= 0.6 is 0 Å². The van der Waals surface area contributed by atoms with Crippen molar-refractivity contribution in [2.45, 2.75) is 33.5 Å². The van der Waals surface area contributed by atoms with Crippen LogP contribution in [0.25, 0.3) is 11.0 Å². The van der Waals surface area contributed by atoms with Gasteiger partial charge in [-0.15, -0.1) is 0 Å². The first-order valence-corrected chi connectivity index (χ1v) is 10.2. The van der Waals surface area contributed by atoms with Gasteiger partial charge in [0.05, 0.1) is 12.2 Å². The molecule has 2 heterocycles. The number of hydrogen-bond acceptors (Lipinski definition) is 4. The highest BCUT2D eigenvalue weighted by Gasteiger charge is 2.21. The number of carbonyl (C=O) groups is 1. The predicted molar refractivity (Wildman–Crippen MR) is 119 cm³/mol. The van der Waals surface area contributed by atoms with Crippen molar-refractivity contribution in [1.82, 2.24) is 18.9 Å². The first-order chi connectivity index (χ1) is 15.4. The lowest BCUT2D eigenvalue weighted by Crippen LogP contribution is -2.42. The molecule has 0 spiro atoms. The number of anilines is 1. The van der Waals surface area contributed by atoms with Gasteiger partial charge in [-0.1, -0.05) is 36.4 Å². The number of halogens is 1. The van der Waals surface area contributed by atoms with Gasteiger partial charge >= 0.3 is 5.69 Å². The lowest BCUT2D eigenvalue weighted by molar-refractivity contribution is -0.116. The summed E-state index contributed by atoms with van der Waals surface area (Å²) in [6.45, 7) is 3.68. The predicted octanol–water partition coefficient (Wildman–Crippen LogP) is 2.51. The number of hydrogen-bond donors (Lipinski definition) is 1. The number of benzene rings is 2. The van der Waals surface area contributed by atoms with Crippen LogP contribution < -0.4 is 16.6 Å². The Morgan fingerprint density at radius 1 is 1.03 bits per heavy atom. The van der Waals surface area contributed by atoms with Crippen LogP contribution in [0.1, 0.15) is 18.2 Å². The van der Waals surface area contributed by atoms with Crippen LogP contribution in [0.2, 0.25) is 0 Å². The van der Waals surface area contributed by atoms with E-state index in [0.29, 0.717) is 17.8 Å². The maximum absolute atomic E-state index is 13.5. The Kier molecular flexibility index (Phi) is 5.72. The van der Waals surface area contributed by atoms with E-state index in [0.717, 1.165) is 10.1 Å². The first-order valence-electron chi connectivity index (χ1n) is 10.2. The van der Waals surface area contributed by atoms with E-state index in [9.17, 15) is 18.8 Å². The van der Waals surface area contributed by atoms with Crippen LogP contribution in [0.5, 0.6) is 0 Å². The van der Waals surface area contributed by atoms with Crippen molar-refractivity contribution >= 4 is 22.6 Å². The van der Waals surface area contributed by atoms with E-state index in [4.69, 9.17) is 0 Å². The quantitative estimate of drug-likeness (QED) is 0.504. The van der Waals surface area contributed by atoms with Crippen molar-refractivity contribution < 1.29 is 9.18 Å². The fourth-order valence-electron chi connectivity index (χ4n) is 3.75. The van der Waals surface area contributed by atoms with E-state index in [-0.39, 0.29) is 24.3 Å². The lowest BCUT2D eigenvalue weighted by Gasteiger charge is -2.13. The third kappa shape index (κ3) is 3.96. The van der Waals surface area contributed by atoms with Gasteiger partial charge in [0.15, 0.2) is 5.52 Å². The van der Waals surface area contributed by atoms with E-state index in [1.807, 2.05) is 37.3 Å². The maximum atomic E-state index is 13.5. The smallest absolute Gasteiger partial charge is 0.324 e. The van der Waals surface area contributed by atoms with Crippen molar-refractivity contribution in [1.29, 1.82) is 0 Å². The SMILES string of the molecule is CCn1nc(C)c2c1c(=O)n(Cc1ccccc1)c(=O)n2CC(=O)Nc1cccc(F)c1. The largest absolute Gasteiger partial charge is 0.332 e. The van der Waals surface area contributed by atoms with Gasteiger partial charge in [-0.05, 0) is 37.6 Å². The molecule has 2 aromatic carbocycles. The maximum Gasteiger partial charge on any atom is 0.332 e. The minimum Gasteiger partial charge on any atom is -0.324 e. The van der Waals surface area contributed by atoms with Crippen LogP contribution in [0.4, 0.5) is 10.1 Å². The number of fused-ring (bicyclic) bond motifs is 1. The Morgan fingerprint density at radius 2 is 1.78 bits per heavy atom. The second-order valence-corrected chi connectivity index (χ2v) is 7.40. The summed E-state index contributed by atoms with van der Waals surface area (Å²) in [5.41, 5.74) is 1.04. The van der Waals surface area contributed by atoms with Gasteiger partial charge in [-0.3, -0.25) is 23.4 Å². The molecule has 0 aliphatic rings. The molecule has 0 aliphatic heterocycles. The number of aryl methyl sites for hydroxylation is 2. The van der Waals surface area contributed by atoms with Gasteiger partial charge in [0.25, 0.3) is 5.56 Å². The average molecular weight is 435 g/mol. The fraction of sp³-hybridized carbons (Fsp3) is 0.217. The lowest BCUT2D eigenvalue weighted by atomic mass is 10.2. The van der Waals surface area contributed by atoms with Crippen molar-refractivity contribution in [3.05, 3.63) is 92.5 Å². The zero-order chi connectivity index (χ0) is 22.8. The molecule has 0 unspecified atom stereocenters. The Balaban J connectivity index is 1.83. The first kappa shape index (κ1) is 21.2. The molecule has 4 rings (SSSR count). The van der Waals surface area contributed by atoms with Gasteiger partial charge < -0.3 is 5.32 Å². The minimum atomic E-state index is -0.612. The summed E-state index contributed by atoms with van der Waals surface area (Å²) in [5, 5.41) is 6.98. The number of carbonyl (C=O) groups excluding carboxylic acids is 1. The highest BCUT2D eigenvalue weighted by atomic mass is 19.1. The van der Waals surface area contributed by atoms with Gasteiger partial charge in [-0.2, -0.15) is 5.10 Å². The second kappa shape index (κ2) is 8.62. The number of nitrogens with one attached hydrogen (secondary N) is 1. The van der Waals surface area contributed by atoms with Crippen molar-refractivity contribution in [3.8, 4) is 0 Å². The fourth-order valence-corrected chi connectivity index (χ4v) is 3.75. The highest BCUT2D eigenvalue weighted by molar-refractivity contribution is 5.91. The molecular formula is C23H22FN5O3. The van der Waals surface area contributed by atoms with E-state index in [2.05, 4.69) is 10.4 Å². The zero-order valence-electron chi connectivity index (χ0n) is 17.7. The molecule has 0 bridgehead atoms. The molecule has 164 valence electrons. The number of aromatic nitrogens is 4. The average Bonchev–Trinajstić information content (AvgIpc) is 3.11. The van der Waals surface area contributed by atoms with Gasteiger partial charge in [0.1, 0.15) is 17.9 Å². The summed E-state index contributed by atoms with van der Waals surface area (Å²) in [5.74, 6) is -1.01. The topological polar surface area (TPSA) is 90.9 Å². The third-order valence-corrected chi connectivity index (χ3v) is 5.17. The molecule has 0 saturated heterocycles. The van der Waals surface area contributed by atoms with Crippen molar-refractivity contribution in [3.63, 3.8) is 0 Å². The normalized spacial score (nSPS) is 11.1. The molecule has 0 atom stereocenters. The highest BCUT2D eigenvalue weighted by Crippen LogP contribution is 2.15. The molecule has 1 N–H and O–H groups in total. The van der Waals surface area contributed by atoms with E-state index < -0.39 is 23.0 Å². The number of rotatable bonds is 6. The summed E-state index contributed by atoms with van der Waals surface area (Å²) >= 11 is 0. The molecule has 0 saturated carbocycles. The van der Waals surface area contributed by atoms with E-state index in [1.54, 1.807) is 13.0 Å². The Morgan fingerprint density at radius 3 is 2.47 bits per heavy atom. The Labute approximate surface area is 182 Å². The summed E-state index contributed by atoms with van der Waals surface area (Å²) in [7, 11) is 0. The van der Waals surface area contributed by atoms with Gasteiger partial charge in [0, 0.05) is 12.2 Å². The standard InChI is InChI=1S/C23H22FN5O3/c1-3-29-21-20(15(2)26-29)27(14-19(30)25-18-11-7-10-17(24)12-18)23(32)28(22(21)31)13-16-8-5-4-6-9-16/h4-12H,3,13-14H2,1-2H3,(H,25,30). The van der Waals surface area contributed by atoms with Crippen molar-refractivity contribution in [2.24, 2.45) is 0 Å². The molecule has 0 radical (unpaired) electrons. The van der Waals surface area contributed by atoms with E-state index >= 15 is 0 Å². The molecule has 1 amide bonds. The third-order valence-electron chi connectivity index (χ3n) is 5.17. The molecule has 8 nitrogen and oxygen atoms in total. The number of amides is 1. The molecule has 4 aromatic rings. The summed E-state index contributed by atoms with van der Waals surface area (Å²) in [6, 6.07) is 14.6. The summed E-state index contributed by atoms with van der Waals surface area (Å²) < 4.78 is 17.4. The van der Waals surface area contributed by atoms with Crippen LogP contribution in [-0.4, -0.2) is 24.8 Å². The Bertz CT molecular complexity index is 1420. The summed E-state index contributed by atoms with van der Waals surface area (Å²) in [4.78, 5) is 39.3. The monoisotopic (exact) mass is 435 g/mol. The van der Waals surface area contributed by atoms with Gasteiger partial charge in [-0.25, -0.2) is 9.18 Å². The van der Waals surface area contributed by atoms with Crippen LogP contribution in [-0.2, 0) is 24.4 Å².